The molecular formula is C29H20N4O2S2. The third kappa shape index (κ3) is 4.16. The average Bonchev–Trinajstić information content (AvgIpc) is 2.91. The fourth-order valence-corrected chi connectivity index (χ4v) is 5.15. The summed E-state index contributed by atoms with van der Waals surface area (Å²) in [4.78, 5) is 32.3. The summed E-state index contributed by atoms with van der Waals surface area (Å²) in [5, 5.41) is 1.18. The molecular weight excluding hydrogens is 500 g/mol. The Kier molecular flexibility index (Phi) is 5.75. The van der Waals surface area contributed by atoms with Crippen LogP contribution >= 0.6 is 24.4 Å². The van der Waals surface area contributed by atoms with Crippen LogP contribution in [0.1, 0.15) is 11.1 Å². The predicted molar refractivity (Wildman–Crippen MR) is 152 cm³/mol. The van der Waals surface area contributed by atoms with E-state index in [1.165, 1.54) is 9.13 Å². The van der Waals surface area contributed by atoms with Gasteiger partial charge in [-0.2, -0.15) is 0 Å². The maximum atomic E-state index is 13.0. The number of hydrogen-bond donors (Lipinski definition) is 2. The maximum absolute atomic E-state index is 13.0. The molecule has 2 aromatic heterocycles. The number of nitrogens with one attached hydrogen (secondary N) is 2. The molecule has 0 bridgehead atoms. The molecule has 2 heterocycles. The van der Waals surface area contributed by atoms with Crippen molar-refractivity contribution in [3.8, 4) is 11.4 Å². The van der Waals surface area contributed by atoms with Gasteiger partial charge in [-0.3, -0.25) is 18.7 Å². The van der Waals surface area contributed by atoms with E-state index in [1.54, 1.807) is 12.1 Å². The van der Waals surface area contributed by atoms with Crippen LogP contribution in [0.25, 0.3) is 33.2 Å². The molecule has 6 aromatic rings. The van der Waals surface area contributed by atoms with Gasteiger partial charge in [-0.1, -0.05) is 48.5 Å². The monoisotopic (exact) mass is 520 g/mol. The highest BCUT2D eigenvalue weighted by atomic mass is 32.1. The third-order valence-electron chi connectivity index (χ3n) is 6.41. The number of para-hydroxylation sites is 2. The minimum Gasteiger partial charge on any atom is -0.331 e. The smallest absolute Gasteiger partial charge is 0.266 e. The van der Waals surface area contributed by atoms with Crippen molar-refractivity contribution >= 4 is 46.2 Å². The van der Waals surface area contributed by atoms with Crippen LogP contribution in [0.4, 0.5) is 0 Å². The lowest BCUT2D eigenvalue weighted by molar-refractivity contribution is 0.936. The van der Waals surface area contributed by atoms with Crippen molar-refractivity contribution in [2.45, 2.75) is 6.42 Å². The normalized spacial score (nSPS) is 11.2. The van der Waals surface area contributed by atoms with Gasteiger partial charge in [-0.05, 0) is 90.5 Å². The Hall–Kier alpha value is -4.40. The Bertz CT molecular complexity index is 1890. The summed E-state index contributed by atoms with van der Waals surface area (Å²) in [6, 6.07) is 30.2. The highest BCUT2D eigenvalue weighted by Crippen LogP contribution is 2.17. The molecule has 0 aliphatic rings. The minimum absolute atomic E-state index is 0.148. The van der Waals surface area contributed by atoms with Gasteiger partial charge in [-0.15, -0.1) is 0 Å². The van der Waals surface area contributed by atoms with Crippen LogP contribution in [0.5, 0.6) is 0 Å². The van der Waals surface area contributed by atoms with Crippen molar-refractivity contribution in [3.05, 3.63) is 138 Å². The third-order valence-corrected chi connectivity index (χ3v) is 6.98. The number of benzene rings is 4. The molecule has 0 amide bonds. The first-order valence-corrected chi connectivity index (χ1v) is 12.5. The van der Waals surface area contributed by atoms with Crippen molar-refractivity contribution in [1.82, 2.24) is 19.1 Å². The van der Waals surface area contributed by atoms with Crippen LogP contribution < -0.4 is 11.1 Å². The van der Waals surface area contributed by atoms with Crippen molar-refractivity contribution < 1.29 is 0 Å². The van der Waals surface area contributed by atoms with E-state index in [1.807, 2.05) is 84.9 Å². The minimum atomic E-state index is -0.148. The molecule has 0 aliphatic carbocycles. The van der Waals surface area contributed by atoms with Crippen LogP contribution in [-0.2, 0) is 6.42 Å². The Labute approximate surface area is 221 Å². The highest BCUT2D eigenvalue weighted by molar-refractivity contribution is 7.71. The highest BCUT2D eigenvalue weighted by Gasteiger charge is 2.09. The van der Waals surface area contributed by atoms with Gasteiger partial charge in [0.2, 0.25) is 0 Å². The quantitative estimate of drug-likeness (QED) is 0.280. The number of H-pyrrole nitrogens is 2. The summed E-state index contributed by atoms with van der Waals surface area (Å²) in [7, 11) is 0. The van der Waals surface area contributed by atoms with Crippen LogP contribution in [0.3, 0.4) is 0 Å². The molecule has 0 spiro atoms. The van der Waals surface area contributed by atoms with E-state index in [0.717, 1.165) is 22.2 Å². The van der Waals surface area contributed by atoms with Gasteiger partial charge in [0.05, 0.1) is 33.2 Å². The topological polar surface area (TPSA) is 75.6 Å². The zero-order chi connectivity index (χ0) is 25.5. The fraction of sp³-hybridized carbons (Fsp3) is 0.0345. The number of aromatic nitrogens is 4. The number of fused-ring (bicyclic) bond motifs is 2. The Morgan fingerprint density at radius 2 is 0.919 bits per heavy atom. The van der Waals surface area contributed by atoms with Gasteiger partial charge in [0.1, 0.15) is 0 Å². The molecule has 0 aliphatic heterocycles. The second kappa shape index (κ2) is 9.24. The Morgan fingerprint density at radius 1 is 0.541 bits per heavy atom. The second-order valence-electron chi connectivity index (χ2n) is 8.74. The molecule has 0 saturated heterocycles. The zero-order valence-corrected chi connectivity index (χ0v) is 21.1. The molecule has 6 rings (SSSR count). The summed E-state index contributed by atoms with van der Waals surface area (Å²) < 4.78 is 3.74. The fourth-order valence-electron chi connectivity index (χ4n) is 4.56. The largest absolute Gasteiger partial charge is 0.331 e. The Balaban J connectivity index is 1.28. The lowest BCUT2D eigenvalue weighted by Gasteiger charge is -2.10. The van der Waals surface area contributed by atoms with E-state index in [9.17, 15) is 9.59 Å². The van der Waals surface area contributed by atoms with Gasteiger partial charge in [0.25, 0.3) is 11.1 Å². The van der Waals surface area contributed by atoms with Crippen molar-refractivity contribution in [2.24, 2.45) is 0 Å². The molecule has 0 radical (unpaired) electrons. The van der Waals surface area contributed by atoms with Gasteiger partial charge >= 0.3 is 0 Å². The van der Waals surface area contributed by atoms with E-state index in [-0.39, 0.29) is 11.1 Å². The van der Waals surface area contributed by atoms with E-state index >= 15 is 0 Å². The SMILES string of the molecule is O=c1c2ccccc2[nH]c(=S)n1-c1ccc(Cc2ccc(-n3c(=S)[nH]c4ccccc4c3=O)cc2)cc1. The van der Waals surface area contributed by atoms with Crippen molar-refractivity contribution in [1.29, 1.82) is 0 Å². The number of rotatable bonds is 4. The molecule has 8 heteroatoms. The lowest BCUT2D eigenvalue weighted by atomic mass is 10.0. The second-order valence-corrected chi connectivity index (χ2v) is 9.52. The van der Waals surface area contributed by atoms with Crippen LogP contribution in [0.2, 0.25) is 0 Å². The lowest BCUT2D eigenvalue weighted by Crippen LogP contribution is -2.20. The number of nitrogens with zero attached hydrogens (tertiary/aromatic N) is 2. The summed E-state index contributed by atoms with van der Waals surface area (Å²) in [6.45, 7) is 0. The predicted octanol–water partition coefficient (Wildman–Crippen LogP) is 6.00. The summed E-state index contributed by atoms with van der Waals surface area (Å²) in [5.74, 6) is 0. The average molecular weight is 521 g/mol. The molecule has 0 saturated carbocycles. The standard InChI is InChI=1S/C29H20N4O2S2/c34-26-22-5-1-3-7-24(22)30-28(36)32(26)20-13-9-18(10-14-20)17-19-11-15-21(16-12-19)33-27(35)23-6-2-4-8-25(23)31-29(33)37/h1-16H,17H2,(H,30,36)(H,31,37). The molecule has 180 valence electrons. The van der Waals surface area contributed by atoms with Crippen LogP contribution in [0.15, 0.2) is 107 Å². The molecule has 4 aromatic carbocycles. The zero-order valence-electron chi connectivity index (χ0n) is 19.5. The first-order valence-electron chi connectivity index (χ1n) is 11.7. The number of aromatic amines is 2. The van der Waals surface area contributed by atoms with Crippen molar-refractivity contribution in [3.63, 3.8) is 0 Å². The van der Waals surface area contributed by atoms with E-state index < -0.39 is 0 Å². The van der Waals surface area contributed by atoms with Gasteiger partial charge < -0.3 is 9.97 Å². The molecule has 37 heavy (non-hydrogen) atoms. The summed E-state index contributed by atoms with van der Waals surface area (Å²) in [6.07, 6.45) is 0.694. The van der Waals surface area contributed by atoms with E-state index in [4.69, 9.17) is 24.4 Å². The van der Waals surface area contributed by atoms with E-state index in [2.05, 4.69) is 9.97 Å². The molecule has 0 fully saturated rings. The van der Waals surface area contributed by atoms with Gasteiger partial charge in [-0.25, -0.2) is 0 Å². The summed E-state index contributed by atoms with van der Waals surface area (Å²) >= 11 is 10.9. The molecule has 2 N–H and O–H groups in total. The molecule has 0 unspecified atom stereocenters. The van der Waals surface area contributed by atoms with Gasteiger partial charge in [0.15, 0.2) is 9.54 Å². The van der Waals surface area contributed by atoms with Gasteiger partial charge in [0, 0.05) is 0 Å². The number of hydrogen-bond acceptors (Lipinski definition) is 4. The molecule has 6 nitrogen and oxygen atoms in total. The van der Waals surface area contributed by atoms with Crippen LogP contribution in [0, 0.1) is 9.54 Å². The first-order chi connectivity index (χ1) is 18.0. The first kappa shape index (κ1) is 23.0. The Morgan fingerprint density at radius 3 is 1.32 bits per heavy atom. The van der Waals surface area contributed by atoms with Crippen LogP contribution in [-0.4, -0.2) is 19.1 Å². The molecule has 0 atom stereocenters. The van der Waals surface area contributed by atoms with E-state index in [0.29, 0.717) is 38.1 Å². The summed E-state index contributed by atoms with van der Waals surface area (Å²) in [5.41, 5.74) is 4.74. The maximum Gasteiger partial charge on any atom is 0.266 e. The van der Waals surface area contributed by atoms with Crippen molar-refractivity contribution in [2.75, 3.05) is 0 Å².